The Labute approximate surface area is 280 Å². The minimum Gasteiger partial charge on any atom is -0.472 e. The first kappa shape index (κ1) is 35.8. The number of epoxide rings is 1. The Bertz CT molecular complexity index is 1230. The lowest BCUT2D eigenvalue weighted by Crippen LogP contribution is -2.61. The van der Waals surface area contributed by atoms with Gasteiger partial charge in [-0.1, -0.05) is 6.92 Å². The molecule has 0 spiro atoms. The van der Waals surface area contributed by atoms with Crippen molar-refractivity contribution in [2.75, 3.05) is 26.4 Å². The van der Waals surface area contributed by atoms with Gasteiger partial charge in [-0.25, -0.2) is 4.79 Å². The van der Waals surface area contributed by atoms with Gasteiger partial charge in [-0.2, -0.15) is 0 Å². The summed E-state index contributed by atoms with van der Waals surface area (Å²) in [5.74, 6) is -2.44. The minimum atomic E-state index is -1.67. The molecule has 18 heteroatoms. The van der Waals surface area contributed by atoms with Crippen molar-refractivity contribution in [1.82, 2.24) is 0 Å². The molecule has 2 saturated carbocycles. The zero-order valence-corrected chi connectivity index (χ0v) is 26.7. The van der Waals surface area contributed by atoms with Crippen LogP contribution in [0.1, 0.15) is 26.2 Å². The maximum Gasteiger partial charge on any atom is 0.337 e. The maximum absolute atomic E-state index is 13.8. The molecule has 0 aromatic rings. The third-order valence-corrected chi connectivity index (χ3v) is 11.6. The molecule has 278 valence electrons. The number of hydrogen-bond donors (Lipinski definition) is 9. The molecular weight excluding hydrogens is 660 g/mol. The van der Waals surface area contributed by atoms with E-state index in [4.69, 9.17) is 37.9 Å². The van der Waals surface area contributed by atoms with E-state index in [9.17, 15) is 50.8 Å². The number of hydrogen-bond acceptors (Lipinski definition) is 18. The number of ether oxygens (including phenoxy) is 8. The van der Waals surface area contributed by atoms with Crippen molar-refractivity contribution in [2.45, 2.75) is 118 Å². The van der Waals surface area contributed by atoms with Crippen LogP contribution in [-0.2, 0) is 42.7 Å². The van der Waals surface area contributed by atoms with Gasteiger partial charge in [-0.15, -0.1) is 0 Å². The molecule has 0 aromatic carbocycles. The quantitative estimate of drug-likeness (QED) is 0.0808. The summed E-state index contributed by atoms with van der Waals surface area (Å²) in [6.45, 7) is 0.421. The standard InChI is InChI=1S/C31H46O18/c1-10-2-3-11-13(8-43-27(16(10)11)47-29-22(39)20(37)18(35)14(6-32)44-29)26(41)46-24-12-4-5-42-28(17(12)31(9-34)25(24)49-31)48-30-23(40)21(38)19(36)15(7-33)45-30/h8,10-12,14-25,27-30,32-40H,2-7,9H2,1H3/t10?,11?,12?,14?,15?,16?,17?,18?,19?,20?,21?,22?,23?,24-,25-,27-,28?,29?,30?,31+/m0/s1. The van der Waals surface area contributed by atoms with E-state index in [2.05, 4.69) is 0 Å². The molecule has 6 fully saturated rings. The molecule has 7 rings (SSSR count). The van der Waals surface area contributed by atoms with Gasteiger partial charge >= 0.3 is 5.97 Å². The molecule has 0 amide bonds. The molecule has 2 aliphatic carbocycles. The average molecular weight is 707 g/mol. The summed E-state index contributed by atoms with van der Waals surface area (Å²) in [4.78, 5) is 13.8. The molecule has 5 heterocycles. The van der Waals surface area contributed by atoms with Crippen molar-refractivity contribution in [3.63, 3.8) is 0 Å². The second kappa shape index (κ2) is 13.8. The van der Waals surface area contributed by atoms with Gasteiger partial charge in [0.2, 0.25) is 6.29 Å². The lowest BCUT2D eigenvalue weighted by atomic mass is 9.82. The van der Waals surface area contributed by atoms with Gasteiger partial charge in [0.05, 0.1) is 44.2 Å². The molecule has 4 saturated heterocycles. The second-order valence-corrected chi connectivity index (χ2v) is 14.2. The molecule has 16 unspecified atom stereocenters. The SMILES string of the molecule is CC1CCC2C(C(=O)O[C@H]3C4CCOC(OC5OC(CO)C(O)C(O)C5O)C4[C@@]4(CO)O[C@@H]34)=CO[C@@H](OC3OC(CO)C(O)C(O)C3O)C12. The topological polar surface area (TPSA) is 276 Å². The molecule has 0 bridgehead atoms. The summed E-state index contributed by atoms with van der Waals surface area (Å²) in [5.41, 5.74) is -0.913. The number of carbonyl (C=O) groups excluding carboxylic acids is 1. The highest BCUT2D eigenvalue weighted by molar-refractivity contribution is 5.89. The van der Waals surface area contributed by atoms with E-state index in [1.807, 2.05) is 6.92 Å². The average Bonchev–Trinajstić information content (AvgIpc) is 3.62. The number of aliphatic hydroxyl groups is 9. The highest BCUT2D eigenvalue weighted by Crippen LogP contribution is 2.61. The summed E-state index contributed by atoms with van der Waals surface area (Å²) in [6, 6.07) is 0. The van der Waals surface area contributed by atoms with E-state index in [1.165, 1.54) is 6.26 Å². The van der Waals surface area contributed by atoms with Crippen LogP contribution in [0.15, 0.2) is 11.8 Å². The van der Waals surface area contributed by atoms with Crippen LogP contribution in [0.5, 0.6) is 0 Å². The van der Waals surface area contributed by atoms with E-state index in [-0.39, 0.29) is 29.9 Å². The van der Waals surface area contributed by atoms with Gasteiger partial charge in [0.1, 0.15) is 66.6 Å². The second-order valence-electron chi connectivity index (χ2n) is 14.2. The van der Waals surface area contributed by atoms with Crippen LogP contribution in [0.25, 0.3) is 0 Å². The Balaban J connectivity index is 1.05. The predicted molar refractivity (Wildman–Crippen MR) is 154 cm³/mol. The molecule has 9 N–H and O–H groups in total. The fourth-order valence-corrected chi connectivity index (χ4v) is 8.81. The zero-order chi connectivity index (χ0) is 34.9. The van der Waals surface area contributed by atoms with Crippen LogP contribution >= 0.6 is 0 Å². The van der Waals surface area contributed by atoms with Crippen molar-refractivity contribution in [1.29, 1.82) is 0 Å². The third kappa shape index (κ3) is 5.91. The van der Waals surface area contributed by atoms with E-state index in [0.29, 0.717) is 12.8 Å². The van der Waals surface area contributed by atoms with E-state index in [0.717, 1.165) is 6.42 Å². The summed E-state index contributed by atoms with van der Waals surface area (Å²) in [5, 5.41) is 91.4. The van der Waals surface area contributed by atoms with Crippen LogP contribution in [0.3, 0.4) is 0 Å². The minimum absolute atomic E-state index is 0.0110. The first-order valence-corrected chi connectivity index (χ1v) is 16.8. The van der Waals surface area contributed by atoms with E-state index in [1.54, 1.807) is 0 Å². The molecule has 49 heavy (non-hydrogen) atoms. The van der Waals surface area contributed by atoms with Crippen molar-refractivity contribution >= 4 is 5.97 Å². The summed E-state index contributed by atoms with van der Waals surface area (Å²) < 4.78 is 46.8. The summed E-state index contributed by atoms with van der Waals surface area (Å²) in [6.07, 6.45) is -15.6. The number of aliphatic hydroxyl groups excluding tert-OH is 9. The molecule has 0 aromatic heterocycles. The van der Waals surface area contributed by atoms with Gasteiger partial charge in [-0.3, -0.25) is 0 Å². The number of carbonyl (C=O) groups is 1. The Hall–Kier alpha value is -1.59. The van der Waals surface area contributed by atoms with Gasteiger partial charge in [0, 0.05) is 17.8 Å². The van der Waals surface area contributed by atoms with Gasteiger partial charge in [0.25, 0.3) is 0 Å². The smallest absolute Gasteiger partial charge is 0.337 e. The molecule has 7 aliphatic rings. The lowest BCUT2D eigenvalue weighted by Gasteiger charge is -2.44. The van der Waals surface area contributed by atoms with Gasteiger partial charge in [-0.05, 0) is 25.2 Å². The van der Waals surface area contributed by atoms with Crippen molar-refractivity contribution in [3.05, 3.63) is 11.8 Å². The number of fused-ring (bicyclic) bond motifs is 4. The maximum atomic E-state index is 13.8. The fraction of sp³-hybridized carbons (Fsp3) is 0.903. The van der Waals surface area contributed by atoms with Crippen LogP contribution in [-0.4, -0.2) is 170 Å². The molecular formula is C31H46O18. The third-order valence-electron chi connectivity index (χ3n) is 11.6. The lowest BCUT2D eigenvalue weighted by molar-refractivity contribution is -0.356. The van der Waals surface area contributed by atoms with Crippen LogP contribution in [0.4, 0.5) is 0 Å². The molecule has 0 radical (unpaired) electrons. The Morgan fingerprint density at radius 3 is 2.02 bits per heavy atom. The van der Waals surface area contributed by atoms with E-state index >= 15 is 0 Å². The predicted octanol–water partition coefficient (Wildman–Crippen LogP) is -4.44. The van der Waals surface area contributed by atoms with Crippen molar-refractivity contribution in [3.8, 4) is 0 Å². The molecule has 5 aliphatic heterocycles. The van der Waals surface area contributed by atoms with Crippen LogP contribution in [0.2, 0.25) is 0 Å². The number of esters is 1. The zero-order valence-electron chi connectivity index (χ0n) is 26.7. The monoisotopic (exact) mass is 706 g/mol. The molecule has 20 atom stereocenters. The first-order chi connectivity index (χ1) is 23.4. The largest absolute Gasteiger partial charge is 0.472 e. The van der Waals surface area contributed by atoms with Crippen LogP contribution in [0, 0.1) is 29.6 Å². The van der Waals surface area contributed by atoms with Crippen LogP contribution < -0.4 is 0 Å². The van der Waals surface area contributed by atoms with E-state index < -0.39 is 129 Å². The normalized spacial score (nSPS) is 53.5. The van der Waals surface area contributed by atoms with Gasteiger partial charge < -0.3 is 83.9 Å². The highest BCUT2D eigenvalue weighted by Gasteiger charge is 2.77. The number of rotatable bonds is 9. The summed E-state index contributed by atoms with van der Waals surface area (Å²) >= 11 is 0. The van der Waals surface area contributed by atoms with Gasteiger partial charge in [0.15, 0.2) is 18.9 Å². The van der Waals surface area contributed by atoms with Crippen molar-refractivity contribution < 1.29 is 88.6 Å². The Kier molecular flexibility index (Phi) is 10.0. The Morgan fingerprint density at radius 2 is 1.43 bits per heavy atom. The fourth-order valence-electron chi connectivity index (χ4n) is 8.81. The Morgan fingerprint density at radius 1 is 0.816 bits per heavy atom. The van der Waals surface area contributed by atoms with Crippen molar-refractivity contribution in [2.24, 2.45) is 29.6 Å². The highest BCUT2D eigenvalue weighted by atomic mass is 16.8. The summed E-state index contributed by atoms with van der Waals surface area (Å²) in [7, 11) is 0. The molecule has 18 nitrogen and oxygen atoms in total. The first-order valence-electron chi connectivity index (χ1n) is 16.8.